The monoisotopic (exact) mass is 291 g/mol. The summed E-state index contributed by atoms with van der Waals surface area (Å²) >= 11 is 1.94. The molecule has 4 nitrogen and oxygen atoms in total. The van der Waals surface area contributed by atoms with Crippen LogP contribution in [0.4, 0.5) is 0 Å². The molecule has 0 amide bonds. The molecule has 0 atom stereocenters. The van der Waals surface area contributed by atoms with Gasteiger partial charge in [0.1, 0.15) is 9.39 Å². The van der Waals surface area contributed by atoms with E-state index in [-0.39, 0.29) is 12.1 Å². The van der Waals surface area contributed by atoms with Crippen molar-refractivity contribution in [1.29, 1.82) is 0 Å². The highest BCUT2D eigenvalue weighted by atomic mass is 127. The molecular formula is C8H6INO3. The lowest BCUT2D eigenvalue weighted by molar-refractivity contribution is -0.136. The van der Waals surface area contributed by atoms with Gasteiger partial charge in [0.15, 0.2) is 6.29 Å². The van der Waals surface area contributed by atoms with Crippen molar-refractivity contribution in [3.8, 4) is 0 Å². The average Bonchev–Trinajstić information content (AvgIpc) is 2.01. The van der Waals surface area contributed by atoms with Gasteiger partial charge in [0.25, 0.3) is 0 Å². The summed E-state index contributed by atoms with van der Waals surface area (Å²) in [6.45, 7) is 0. The van der Waals surface area contributed by atoms with Gasteiger partial charge in [0.2, 0.25) is 0 Å². The molecule has 1 N–H and O–H groups in total. The second-order valence-electron chi connectivity index (χ2n) is 2.41. The first-order chi connectivity index (χ1) is 6.11. The SMILES string of the molecule is O=Cc1cc(CC(=O)O)cc(I)n1. The second-order valence-corrected chi connectivity index (χ2v) is 3.52. The standard InChI is InChI=1S/C8H6INO3/c9-7-2-5(3-8(12)13)1-6(4-11)10-7/h1-2,4H,3H2,(H,12,13). The number of rotatable bonds is 3. The third-order valence-corrected chi connectivity index (χ3v) is 1.90. The fourth-order valence-electron chi connectivity index (χ4n) is 0.910. The highest BCUT2D eigenvalue weighted by Crippen LogP contribution is 2.08. The van der Waals surface area contributed by atoms with Crippen LogP contribution in [-0.2, 0) is 11.2 Å². The van der Waals surface area contributed by atoms with Gasteiger partial charge in [0, 0.05) is 0 Å². The summed E-state index contributed by atoms with van der Waals surface area (Å²) in [5, 5.41) is 8.51. The lowest BCUT2D eigenvalue weighted by Crippen LogP contribution is -2.02. The molecule has 1 aromatic rings. The van der Waals surface area contributed by atoms with Crippen molar-refractivity contribution in [3.63, 3.8) is 0 Å². The zero-order valence-corrected chi connectivity index (χ0v) is 8.69. The number of carbonyl (C=O) groups is 2. The minimum atomic E-state index is -0.918. The van der Waals surface area contributed by atoms with Crippen LogP contribution in [0.25, 0.3) is 0 Å². The molecule has 1 rings (SSSR count). The molecule has 0 aromatic carbocycles. The molecule has 5 heteroatoms. The number of hydrogen-bond acceptors (Lipinski definition) is 3. The molecule has 0 saturated carbocycles. The molecule has 0 unspecified atom stereocenters. The first-order valence-corrected chi connectivity index (χ1v) is 4.53. The number of pyridine rings is 1. The van der Waals surface area contributed by atoms with Gasteiger partial charge in [-0.25, -0.2) is 4.98 Å². The Morgan fingerprint density at radius 3 is 2.85 bits per heavy atom. The van der Waals surface area contributed by atoms with Crippen LogP contribution in [0.3, 0.4) is 0 Å². The molecule has 1 heterocycles. The summed E-state index contributed by atoms with van der Waals surface area (Å²) < 4.78 is 0.624. The van der Waals surface area contributed by atoms with Crippen LogP contribution in [0.1, 0.15) is 16.1 Å². The van der Waals surface area contributed by atoms with Crippen LogP contribution in [0.15, 0.2) is 12.1 Å². The van der Waals surface area contributed by atoms with E-state index in [4.69, 9.17) is 5.11 Å². The van der Waals surface area contributed by atoms with Crippen LogP contribution in [0, 0.1) is 3.70 Å². The van der Waals surface area contributed by atoms with Gasteiger partial charge in [-0.15, -0.1) is 0 Å². The Kier molecular flexibility index (Phi) is 3.35. The smallest absolute Gasteiger partial charge is 0.307 e. The third kappa shape index (κ3) is 3.10. The number of carboxylic acids is 1. The van der Waals surface area contributed by atoms with Gasteiger partial charge < -0.3 is 5.11 Å². The van der Waals surface area contributed by atoms with E-state index in [1.54, 1.807) is 6.07 Å². The van der Waals surface area contributed by atoms with E-state index >= 15 is 0 Å². The van der Waals surface area contributed by atoms with Crippen molar-refractivity contribution < 1.29 is 14.7 Å². The quantitative estimate of drug-likeness (QED) is 0.515. The highest BCUT2D eigenvalue weighted by Gasteiger charge is 2.04. The van der Waals surface area contributed by atoms with Crippen molar-refractivity contribution in [1.82, 2.24) is 4.98 Å². The van der Waals surface area contributed by atoms with Crippen LogP contribution in [0.5, 0.6) is 0 Å². The van der Waals surface area contributed by atoms with Crippen molar-refractivity contribution >= 4 is 34.8 Å². The number of carboxylic acid groups (broad SMARTS) is 1. The molecule has 1 aromatic heterocycles. The molecule has 13 heavy (non-hydrogen) atoms. The first kappa shape index (κ1) is 10.1. The van der Waals surface area contributed by atoms with Gasteiger partial charge in [-0.05, 0) is 40.3 Å². The zero-order valence-electron chi connectivity index (χ0n) is 6.53. The molecule has 0 saturated heterocycles. The van der Waals surface area contributed by atoms with Crippen molar-refractivity contribution in [2.75, 3.05) is 0 Å². The fraction of sp³-hybridized carbons (Fsp3) is 0.125. The summed E-state index contributed by atoms with van der Waals surface area (Å²) in [6, 6.07) is 3.12. The Morgan fingerprint density at radius 2 is 2.31 bits per heavy atom. The Bertz CT molecular complexity index is 351. The largest absolute Gasteiger partial charge is 0.481 e. The number of hydrogen-bond donors (Lipinski definition) is 1. The number of aldehydes is 1. The Morgan fingerprint density at radius 1 is 1.62 bits per heavy atom. The maximum Gasteiger partial charge on any atom is 0.307 e. The van der Waals surface area contributed by atoms with Gasteiger partial charge in [-0.3, -0.25) is 9.59 Å². The van der Waals surface area contributed by atoms with Gasteiger partial charge in [-0.2, -0.15) is 0 Å². The number of aromatic nitrogens is 1. The molecular weight excluding hydrogens is 285 g/mol. The Balaban J connectivity index is 3.01. The molecule has 0 radical (unpaired) electrons. The molecule has 0 aliphatic carbocycles. The normalized spacial score (nSPS) is 9.62. The predicted molar refractivity (Wildman–Crippen MR) is 53.7 cm³/mol. The van der Waals surface area contributed by atoms with E-state index in [0.717, 1.165) is 0 Å². The zero-order chi connectivity index (χ0) is 9.84. The highest BCUT2D eigenvalue weighted by molar-refractivity contribution is 14.1. The summed E-state index contributed by atoms with van der Waals surface area (Å²) in [5.74, 6) is -0.918. The van der Waals surface area contributed by atoms with E-state index in [1.165, 1.54) is 6.07 Å². The lowest BCUT2D eigenvalue weighted by Gasteiger charge is -1.98. The molecule has 0 aliphatic rings. The van der Waals surface area contributed by atoms with E-state index in [2.05, 4.69) is 4.98 Å². The van der Waals surface area contributed by atoms with Gasteiger partial charge in [0.05, 0.1) is 6.42 Å². The molecule has 0 spiro atoms. The first-order valence-electron chi connectivity index (χ1n) is 3.45. The summed E-state index contributed by atoms with van der Waals surface area (Å²) in [5.41, 5.74) is 0.858. The summed E-state index contributed by atoms with van der Waals surface area (Å²) in [6.07, 6.45) is 0.521. The van der Waals surface area contributed by atoms with E-state index in [9.17, 15) is 9.59 Å². The minimum Gasteiger partial charge on any atom is -0.481 e. The average molecular weight is 291 g/mol. The fourth-order valence-corrected chi connectivity index (χ4v) is 1.59. The van der Waals surface area contributed by atoms with Crippen molar-refractivity contribution in [2.24, 2.45) is 0 Å². The molecule has 0 bridgehead atoms. The molecule has 68 valence electrons. The number of carbonyl (C=O) groups excluding carboxylic acids is 1. The van der Waals surface area contributed by atoms with Crippen molar-refractivity contribution in [3.05, 3.63) is 27.1 Å². The van der Waals surface area contributed by atoms with Crippen LogP contribution in [-0.4, -0.2) is 22.3 Å². The second kappa shape index (κ2) is 4.31. The number of halogens is 1. The molecule has 0 aliphatic heterocycles. The summed E-state index contributed by atoms with van der Waals surface area (Å²) in [7, 11) is 0. The van der Waals surface area contributed by atoms with E-state index in [1.807, 2.05) is 22.6 Å². The van der Waals surface area contributed by atoms with E-state index < -0.39 is 5.97 Å². The maximum atomic E-state index is 10.4. The van der Waals surface area contributed by atoms with Crippen LogP contribution in [0.2, 0.25) is 0 Å². The van der Waals surface area contributed by atoms with E-state index in [0.29, 0.717) is 15.6 Å². The Labute approximate surface area is 88.1 Å². The summed E-state index contributed by atoms with van der Waals surface area (Å²) in [4.78, 5) is 24.6. The topological polar surface area (TPSA) is 67.3 Å². The lowest BCUT2D eigenvalue weighted by atomic mass is 10.2. The number of aliphatic carboxylic acids is 1. The van der Waals surface area contributed by atoms with Gasteiger partial charge >= 0.3 is 5.97 Å². The Hall–Kier alpha value is -0.980. The predicted octanol–water partition coefficient (Wildman–Crippen LogP) is 1.13. The number of nitrogens with zero attached hydrogens (tertiary/aromatic N) is 1. The maximum absolute atomic E-state index is 10.4. The van der Waals surface area contributed by atoms with Crippen molar-refractivity contribution in [2.45, 2.75) is 6.42 Å². The van der Waals surface area contributed by atoms with Gasteiger partial charge in [-0.1, -0.05) is 0 Å². The molecule has 0 fully saturated rings. The van der Waals surface area contributed by atoms with Crippen LogP contribution >= 0.6 is 22.6 Å². The van der Waals surface area contributed by atoms with Crippen LogP contribution < -0.4 is 0 Å². The third-order valence-electron chi connectivity index (χ3n) is 1.35. The minimum absolute atomic E-state index is 0.0840.